The molecule has 1 aromatic heterocycles. The van der Waals surface area contributed by atoms with Gasteiger partial charge in [-0.15, -0.1) is 5.10 Å². The quantitative estimate of drug-likeness (QED) is 0.745. The van der Waals surface area contributed by atoms with Crippen LogP contribution < -0.4 is 10.1 Å². The summed E-state index contributed by atoms with van der Waals surface area (Å²) in [6, 6.07) is 1.87. The van der Waals surface area contributed by atoms with Crippen LogP contribution in [0.3, 0.4) is 0 Å². The Morgan fingerprint density at radius 2 is 2.38 bits per heavy atom. The summed E-state index contributed by atoms with van der Waals surface area (Å²) in [6.07, 6.45) is 1.82. The van der Waals surface area contributed by atoms with Crippen molar-refractivity contribution < 1.29 is 4.74 Å². The maximum Gasteiger partial charge on any atom is 0.233 e. The molecule has 0 saturated carbocycles. The Hall–Kier alpha value is -1.16. The highest BCUT2D eigenvalue weighted by atomic mass is 16.5. The summed E-state index contributed by atoms with van der Waals surface area (Å²) in [6.45, 7) is 4.75. The first-order valence-corrected chi connectivity index (χ1v) is 4.33. The van der Waals surface area contributed by atoms with Gasteiger partial charge in [-0.1, -0.05) is 0 Å². The van der Waals surface area contributed by atoms with Gasteiger partial charge in [-0.3, -0.25) is 0 Å². The van der Waals surface area contributed by atoms with E-state index in [0.29, 0.717) is 5.88 Å². The molecule has 72 valence electrons. The summed E-state index contributed by atoms with van der Waals surface area (Å²) in [5, 5.41) is 10.7. The van der Waals surface area contributed by atoms with E-state index in [4.69, 9.17) is 4.74 Å². The monoisotopic (exact) mass is 181 g/mol. The molecule has 0 amide bonds. The Bertz CT molecular complexity index is 265. The molecule has 0 radical (unpaired) electrons. The molecule has 1 N–H and O–H groups in total. The van der Waals surface area contributed by atoms with E-state index in [-0.39, 0.29) is 6.10 Å². The number of ether oxygens (including phenoxy) is 1. The van der Waals surface area contributed by atoms with Gasteiger partial charge in [0.05, 0.1) is 6.20 Å². The summed E-state index contributed by atoms with van der Waals surface area (Å²) < 4.78 is 5.50. The van der Waals surface area contributed by atoms with E-state index < -0.39 is 0 Å². The summed E-state index contributed by atoms with van der Waals surface area (Å²) in [5.74, 6) is 0.586. The van der Waals surface area contributed by atoms with Crippen LogP contribution in [0.4, 0.5) is 0 Å². The Morgan fingerprint density at radius 3 is 3.00 bits per heavy atom. The molecule has 1 unspecified atom stereocenters. The van der Waals surface area contributed by atoms with E-state index in [2.05, 4.69) is 15.5 Å². The van der Waals surface area contributed by atoms with Crippen LogP contribution in [0.15, 0.2) is 12.3 Å². The van der Waals surface area contributed by atoms with Gasteiger partial charge in [0.2, 0.25) is 5.88 Å². The fraction of sp³-hybridized carbons (Fsp3) is 0.556. The predicted octanol–water partition coefficient (Wildman–Crippen LogP) is 0.772. The molecule has 1 atom stereocenters. The van der Waals surface area contributed by atoms with Gasteiger partial charge in [-0.2, -0.15) is 5.10 Å². The van der Waals surface area contributed by atoms with Crippen LogP contribution in [0.5, 0.6) is 5.88 Å². The summed E-state index contributed by atoms with van der Waals surface area (Å²) in [4.78, 5) is 0. The van der Waals surface area contributed by atoms with Crippen LogP contribution in [0.2, 0.25) is 0 Å². The minimum absolute atomic E-state index is 0.112. The van der Waals surface area contributed by atoms with Gasteiger partial charge in [-0.25, -0.2) is 0 Å². The molecule has 0 aromatic carbocycles. The van der Waals surface area contributed by atoms with Crippen molar-refractivity contribution in [2.24, 2.45) is 0 Å². The number of hydrogen-bond donors (Lipinski definition) is 1. The Kier molecular flexibility index (Phi) is 3.64. The molecule has 1 aromatic rings. The van der Waals surface area contributed by atoms with Crippen LogP contribution in [0, 0.1) is 6.92 Å². The SMILES string of the molecule is CNCC(C)Oc1cc(C)cnn1. The van der Waals surface area contributed by atoms with Crippen LogP contribution in [0.25, 0.3) is 0 Å². The minimum Gasteiger partial charge on any atom is -0.472 e. The molecule has 0 bridgehead atoms. The minimum atomic E-state index is 0.112. The molecule has 0 fully saturated rings. The molecule has 0 aliphatic rings. The highest BCUT2D eigenvalue weighted by Gasteiger charge is 2.03. The fourth-order valence-electron chi connectivity index (χ4n) is 1.03. The first kappa shape index (κ1) is 9.92. The molecule has 0 saturated heterocycles. The van der Waals surface area contributed by atoms with Gasteiger partial charge in [0.15, 0.2) is 0 Å². The number of hydrogen-bond acceptors (Lipinski definition) is 4. The summed E-state index contributed by atoms with van der Waals surface area (Å²) in [5.41, 5.74) is 1.06. The lowest BCUT2D eigenvalue weighted by atomic mass is 10.3. The van der Waals surface area contributed by atoms with Crippen molar-refractivity contribution in [1.82, 2.24) is 15.5 Å². The maximum atomic E-state index is 5.50. The Morgan fingerprint density at radius 1 is 1.62 bits per heavy atom. The molecule has 4 heteroatoms. The fourth-order valence-corrected chi connectivity index (χ4v) is 1.03. The number of rotatable bonds is 4. The van der Waals surface area contributed by atoms with E-state index in [9.17, 15) is 0 Å². The highest BCUT2D eigenvalue weighted by Crippen LogP contribution is 2.07. The van der Waals surface area contributed by atoms with Gasteiger partial charge in [0, 0.05) is 12.6 Å². The van der Waals surface area contributed by atoms with Crippen molar-refractivity contribution in [2.75, 3.05) is 13.6 Å². The molecule has 13 heavy (non-hydrogen) atoms. The summed E-state index contributed by atoms with van der Waals surface area (Å²) >= 11 is 0. The Balaban J connectivity index is 2.53. The first-order valence-electron chi connectivity index (χ1n) is 4.33. The zero-order valence-corrected chi connectivity index (χ0v) is 8.24. The van der Waals surface area contributed by atoms with E-state index in [1.165, 1.54) is 0 Å². The van der Waals surface area contributed by atoms with Crippen molar-refractivity contribution in [3.63, 3.8) is 0 Å². The topological polar surface area (TPSA) is 47.0 Å². The second-order valence-electron chi connectivity index (χ2n) is 3.06. The third-order valence-corrected chi connectivity index (χ3v) is 1.58. The zero-order valence-electron chi connectivity index (χ0n) is 8.24. The first-order chi connectivity index (χ1) is 6.22. The zero-order chi connectivity index (χ0) is 9.68. The van der Waals surface area contributed by atoms with Crippen molar-refractivity contribution in [1.29, 1.82) is 0 Å². The van der Waals surface area contributed by atoms with Gasteiger partial charge in [-0.05, 0) is 26.5 Å². The van der Waals surface area contributed by atoms with Crippen LogP contribution in [0.1, 0.15) is 12.5 Å². The molecule has 4 nitrogen and oxygen atoms in total. The molecule has 1 heterocycles. The number of nitrogens with one attached hydrogen (secondary N) is 1. The van der Waals surface area contributed by atoms with Gasteiger partial charge in [0.1, 0.15) is 6.10 Å². The second kappa shape index (κ2) is 4.77. The number of likely N-dealkylation sites (N-methyl/N-ethyl adjacent to an activating group) is 1. The molecule has 0 aliphatic carbocycles. The third-order valence-electron chi connectivity index (χ3n) is 1.58. The lowest BCUT2D eigenvalue weighted by molar-refractivity contribution is 0.209. The van der Waals surface area contributed by atoms with Crippen molar-refractivity contribution in [2.45, 2.75) is 20.0 Å². The van der Waals surface area contributed by atoms with Crippen LogP contribution >= 0.6 is 0 Å². The molecule has 0 spiro atoms. The standard InChI is InChI=1S/C9H15N3O/c1-7-4-9(12-11-5-7)13-8(2)6-10-3/h4-5,8,10H,6H2,1-3H3. The predicted molar refractivity (Wildman–Crippen MR) is 50.8 cm³/mol. The number of aromatic nitrogens is 2. The van der Waals surface area contributed by atoms with Gasteiger partial charge < -0.3 is 10.1 Å². The number of aryl methyl sites for hydroxylation is 1. The van der Waals surface area contributed by atoms with Crippen molar-refractivity contribution >= 4 is 0 Å². The molecule has 1 rings (SSSR count). The average Bonchev–Trinajstić information content (AvgIpc) is 2.04. The van der Waals surface area contributed by atoms with Crippen LogP contribution in [-0.4, -0.2) is 29.9 Å². The van der Waals surface area contributed by atoms with Gasteiger partial charge in [0.25, 0.3) is 0 Å². The van der Waals surface area contributed by atoms with Gasteiger partial charge >= 0.3 is 0 Å². The van der Waals surface area contributed by atoms with E-state index in [1.807, 2.05) is 27.0 Å². The maximum absolute atomic E-state index is 5.50. The van der Waals surface area contributed by atoms with E-state index in [0.717, 1.165) is 12.1 Å². The molecular formula is C9H15N3O. The number of nitrogens with zero attached hydrogens (tertiary/aromatic N) is 2. The Labute approximate surface area is 78.3 Å². The second-order valence-corrected chi connectivity index (χ2v) is 3.06. The van der Waals surface area contributed by atoms with Crippen LogP contribution in [-0.2, 0) is 0 Å². The van der Waals surface area contributed by atoms with E-state index in [1.54, 1.807) is 6.20 Å². The molecular weight excluding hydrogens is 166 g/mol. The lowest BCUT2D eigenvalue weighted by Gasteiger charge is -2.12. The van der Waals surface area contributed by atoms with E-state index >= 15 is 0 Å². The lowest BCUT2D eigenvalue weighted by Crippen LogP contribution is -2.26. The molecule has 0 aliphatic heterocycles. The third kappa shape index (κ3) is 3.38. The normalized spacial score (nSPS) is 12.5. The highest BCUT2D eigenvalue weighted by molar-refractivity contribution is 5.15. The van der Waals surface area contributed by atoms with Crippen molar-refractivity contribution in [3.05, 3.63) is 17.8 Å². The smallest absolute Gasteiger partial charge is 0.233 e. The largest absolute Gasteiger partial charge is 0.472 e. The summed E-state index contributed by atoms with van der Waals surface area (Å²) in [7, 11) is 1.89. The van der Waals surface area contributed by atoms with Crippen molar-refractivity contribution in [3.8, 4) is 5.88 Å². The average molecular weight is 181 g/mol.